The number of hydrogen-bond acceptors (Lipinski definition) is 4. The Morgan fingerprint density at radius 3 is 2.31 bits per heavy atom. The van der Waals surface area contributed by atoms with E-state index in [2.05, 4.69) is 9.97 Å². The van der Waals surface area contributed by atoms with E-state index in [0.717, 1.165) is 6.42 Å². The Labute approximate surface area is 76.5 Å². The summed E-state index contributed by atoms with van der Waals surface area (Å²) in [6, 6.07) is 0. The molecule has 2 rings (SSSR count). The van der Waals surface area contributed by atoms with Crippen LogP contribution in [-0.4, -0.2) is 35.8 Å². The van der Waals surface area contributed by atoms with Gasteiger partial charge in [0.15, 0.2) is 0 Å². The highest BCUT2D eigenvalue weighted by atomic mass is 32.2. The fourth-order valence-electron chi connectivity index (χ4n) is 1.10. The zero-order chi connectivity index (χ0) is 9.31. The van der Waals surface area contributed by atoms with Crippen molar-refractivity contribution in [3.63, 3.8) is 0 Å². The fraction of sp³-hybridized carbons (Fsp3) is 0.429. The van der Waals surface area contributed by atoms with Gasteiger partial charge in [0.1, 0.15) is 11.2 Å². The van der Waals surface area contributed by atoms with Crippen LogP contribution in [0.15, 0.2) is 23.6 Å². The van der Waals surface area contributed by atoms with Gasteiger partial charge >= 0.3 is 0 Å². The molecule has 13 heavy (non-hydrogen) atoms. The summed E-state index contributed by atoms with van der Waals surface area (Å²) in [6.07, 6.45) is 4.89. The molecule has 0 bridgehead atoms. The largest absolute Gasteiger partial charge is 0.246 e. The van der Waals surface area contributed by atoms with Gasteiger partial charge in [-0.05, 0) is 6.42 Å². The van der Waals surface area contributed by atoms with Crippen LogP contribution in [0.3, 0.4) is 0 Å². The second-order valence-corrected chi connectivity index (χ2v) is 4.77. The van der Waals surface area contributed by atoms with Crippen molar-refractivity contribution in [1.29, 1.82) is 0 Å². The summed E-state index contributed by atoms with van der Waals surface area (Å²) in [5.74, 6) is 0. The van der Waals surface area contributed by atoms with Crippen molar-refractivity contribution in [2.75, 3.05) is 13.1 Å². The molecule has 0 amide bonds. The first-order chi connectivity index (χ1) is 6.21. The van der Waals surface area contributed by atoms with E-state index in [4.69, 9.17) is 0 Å². The summed E-state index contributed by atoms with van der Waals surface area (Å²) < 4.78 is 24.7. The number of rotatable bonds is 2. The summed E-state index contributed by atoms with van der Waals surface area (Å²) in [4.78, 5) is 7.53. The fourth-order valence-corrected chi connectivity index (χ4v) is 2.52. The topological polar surface area (TPSA) is 63.2 Å². The Hall–Kier alpha value is -1.01. The third-order valence-corrected chi connectivity index (χ3v) is 3.84. The maximum Gasteiger partial charge on any atom is 0.246 e. The van der Waals surface area contributed by atoms with Crippen molar-refractivity contribution < 1.29 is 8.42 Å². The van der Waals surface area contributed by atoms with Crippen LogP contribution >= 0.6 is 0 Å². The standard InChI is InChI=1S/C7H9N3O2S/c11-13(12,10-2-1-3-10)7-4-8-6-9-5-7/h4-6H,1-3H2. The monoisotopic (exact) mass is 199 g/mol. The summed E-state index contributed by atoms with van der Waals surface area (Å²) in [7, 11) is -3.29. The third-order valence-electron chi connectivity index (χ3n) is 1.99. The number of aromatic nitrogens is 2. The van der Waals surface area contributed by atoms with Gasteiger partial charge < -0.3 is 0 Å². The van der Waals surface area contributed by atoms with Crippen LogP contribution in [0.5, 0.6) is 0 Å². The quantitative estimate of drug-likeness (QED) is 0.665. The first kappa shape index (κ1) is 8.58. The van der Waals surface area contributed by atoms with Gasteiger partial charge in [-0.15, -0.1) is 0 Å². The van der Waals surface area contributed by atoms with E-state index in [9.17, 15) is 8.42 Å². The van der Waals surface area contributed by atoms with Crippen molar-refractivity contribution >= 4 is 10.0 Å². The Kier molecular flexibility index (Phi) is 2.01. The van der Waals surface area contributed by atoms with Crippen LogP contribution in [0.2, 0.25) is 0 Å². The zero-order valence-electron chi connectivity index (χ0n) is 6.92. The summed E-state index contributed by atoms with van der Waals surface area (Å²) in [6.45, 7) is 1.22. The minimum atomic E-state index is -3.29. The van der Waals surface area contributed by atoms with Crippen molar-refractivity contribution in [3.8, 4) is 0 Å². The zero-order valence-corrected chi connectivity index (χ0v) is 7.74. The molecule has 0 saturated carbocycles. The lowest BCUT2D eigenvalue weighted by molar-refractivity contribution is 0.309. The van der Waals surface area contributed by atoms with Crippen LogP contribution in [0, 0.1) is 0 Å². The molecule has 1 saturated heterocycles. The Morgan fingerprint density at radius 1 is 1.23 bits per heavy atom. The lowest BCUT2D eigenvalue weighted by Gasteiger charge is -2.29. The van der Waals surface area contributed by atoms with Gasteiger partial charge in [-0.3, -0.25) is 0 Å². The lowest BCUT2D eigenvalue weighted by Crippen LogP contribution is -2.41. The summed E-state index contributed by atoms with van der Waals surface area (Å²) in [5, 5.41) is 0. The molecule has 1 fully saturated rings. The van der Waals surface area contributed by atoms with Crippen LogP contribution in [0.25, 0.3) is 0 Å². The van der Waals surface area contributed by atoms with E-state index in [1.807, 2.05) is 0 Å². The number of nitrogens with zero attached hydrogens (tertiary/aromatic N) is 3. The average molecular weight is 199 g/mol. The molecule has 0 atom stereocenters. The number of hydrogen-bond donors (Lipinski definition) is 0. The molecule has 5 nitrogen and oxygen atoms in total. The van der Waals surface area contributed by atoms with Crippen LogP contribution < -0.4 is 0 Å². The molecule has 6 heteroatoms. The van der Waals surface area contributed by atoms with Crippen molar-refractivity contribution in [3.05, 3.63) is 18.7 Å². The second kappa shape index (κ2) is 3.04. The van der Waals surface area contributed by atoms with Gasteiger partial charge in [-0.25, -0.2) is 18.4 Å². The predicted octanol–water partition coefficient (Wildman–Crippen LogP) is -0.129. The highest BCUT2D eigenvalue weighted by Crippen LogP contribution is 2.18. The van der Waals surface area contributed by atoms with Crippen LogP contribution in [-0.2, 0) is 10.0 Å². The van der Waals surface area contributed by atoms with Crippen molar-refractivity contribution in [2.45, 2.75) is 11.3 Å². The maximum atomic E-state index is 11.7. The van der Waals surface area contributed by atoms with E-state index in [0.29, 0.717) is 13.1 Å². The number of sulfonamides is 1. The normalized spacial score (nSPS) is 18.2. The molecule has 1 aliphatic rings. The van der Waals surface area contributed by atoms with Gasteiger partial charge in [0.25, 0.3) is 0 Å². The molecule has 2 heterocycles. The molecule has 0 radical (unpaired) electrons. The first-order valence-electron chi connectivity index (χ1n) is 3.96. The highest BCUT2D eigenvalue weighted by Gasteiger charge is 2.29. The molecule has 70 valence electrons. The van der Waals surface area contributed by atoms with Gasteiger partial charge in [0.05, 0.1) is 12.4 Å². The van der Waals surface area contributed by atoms with Crippen LogP contribution in [0.4, 0.5) is 0 Å². The van der Waals surface area contributed by atoms with E-state index in [1.54, 1.807) is 0 Å². The van der Waals surface area contributed by atoms with E-state index in [-0.39, 0.29) is 4.90 Å². The molecule has 0 aromatic carbocycles. The summed E-state index contributed by atoms with van der Waals surface area (Å²) in [5.41, 5.74) is 0. The smallest absolute Gasteiger partial charge is 0.243 e. The molecule has 1 aromatic rings. The minimum Gasteiger partial charge on any atom is -0.243 e. The highest BCUT2D eigenvalue weighted by molar-refractivity contribution is 7.89. The van der Waals surface area contributed by atoms with E-state index < -0.39 is 10.0 Å². The predicted molar refractivity (Wildman–Crippen MR) is 45.4 cm³/mol. The molecular weight excluding hydrogens is 190 g/mol. The lowest BCUT2D eigenvalue weighted by atomic mass is 10.3. The van der Waals surface area contributed by atoms with Crippen LogP contribution in [0.1, 0.15) is 6.42 Å². The SMILES string of the molecule is O=S(=O)(c1cncnc1)N1CCC1. The molecule has 0 N–H and O–H groups in total. The van der Waals surface area contributed by atoms with E-state index >= 15 is 0 Å². The van der Waals surface area contributed by atoms with Gasteiger partial charge in [-0.1, -0.05) is 0 Å². The van der Waals surface area contributed by atoms with E-state index in [1.165, 1.54) is 23.0 Å². The average Bonchev–Trinajstić information content (AvgIpc) is 2.02. The second-order valence-electron chi connectivity index (χ2n) is 2.83. The molecule has 0 aliphatic carbocycles. The molecule has 1 aromatic heterocycles. The molecular formula is C7H9N3O2S. The molecule has 1 aliphatic heterocycles. The Morgan fingerprint density at radius 2 is 1.85 bits per heavy atom. The molecule has 0 unspecified atom stereocenters. The van der Waals surface area contributed by atoms with Gasteiger partial charge in [0, 0.05) is 13.1 Å². The third kappa shape index (κ3) is 1.42. The minimum absolute atomic E-state index is 0.176. The first-order valence-corrected chi connectivity index (χ1v) is 5.40. The summed E-state index contributed by atoms with van der Waals surface area (Å²) >= 11 is 0. The Balaban J connectivity index is 2.35. The Bertz CT molecular complexity index is 385. The van der Waals surface area contributed by atoms with Gasteiger partial charge in [0.2, 0.25) is 10.0 Å². The maximum absolute atomic E-state index is 11.7. The van der Waals surface area contributed by atoms with Crippen molar-refractivity contribution in [1.82, 2.24) is 14.3 Å². The van der Waals surface area contributed by atoms with Crippen molar-refractivity contribution in [2.24, 2.45) is 0 Å². The van der Waals surface area contributed by atoms with Gasteiger partial charge in [-0.2, -0.15) is 4.31 Å². The molecule has 0 spiro atoms.